The number of aromatic nitrogens is 2. The molecule has 0 atom stereocenters. The number of ether oxygens (including phenoxy) is 2. The van der Waals surface area contributed by atoms with Gasteiger partial charge in [-0.25, -0.2) is 9.78 Å². The number of hydrogen-bond acceptors (Lipinski definition) is 5. The van der Waals surface area contributed by atoms with Gasteiger partial charge in [0.05, 0.1) is 29.4 Å². The second-order valence-corrected chi connectivity index (χ2v) is 8.02. The van der Waals surface area contributed by atoms with Gasteiger partial charge >= 0.3 is 5.97 Å². The van der Waals surface area contributed by atoms with E-state index in [0.717, 1.165) is 22.2 Å². The number of benzene rings is 3. The fourth-order valence-corrected chi connectivity index (χ4v) is 3.47. The predicted molar refractivity (Wildman–Crippen MR) is 128 cm³/mol. The average Bonchev–Trinajstić information content (AvgIpc) is 3.23. The third-order valence-corrected chi connectivity index (χ3v) is 5.54. The Hall–Kier alpha value is -3.84. The summed E-state index contributed by atoms with van der Waals surface area (Å²) in [5.41, 5.74) is 5.08. The lowest BCUT2D eigenvalue weighted by atomic mass is 10.1. The fraction of sp³-hybridized carbons (Fsp3) is 0.160. The Labute approximate surface area is 195 Å². The molecule has 7 nitrogen and oxygen atoms in total. The summed E-state index contributed by atoms with van der Waals surface area (Å²) < 4.78 is 10.4. The third-order valence-electron chi connectivity index (χ3n) is 5.13. The van der Waals surface area contributed by atoms with Crippen LogP contribution in [-0.2, 0) is 9.53 Å². The number of anilines is 1. The zero-order valence-corrected chi connectivity index (χ0v) is 19.1. The number of esters is 1. The molecule has 0 saturated heterocycles. The summed E-state index contributed by atoms with van der Waals surface area (Å²) in [6, 6.07) is 16.3. The van der Waals surface area contributed by atoms with Gasteiger partial charge < -0.3 is 19.8 Å². The predicted octanol–water partition coefficient (Wildman–Crippen LogP) is 5.30. The van der Waals surface area contributed by atoms with Crippen LogP contribution in [0.2, 0.25) is 5.02 Å². The number of amides is 1. The first kappa shape index (κ1) is 22.4. The minimum Gasteiger partial charge on any atom is -0.495 e. The summed E-state index contributed by atoms with van der Waals surface area (Å²) in [6.45, 7) is 3.39. The van der Waals surface area contributed by atoms with Crippen LogP contribution in [0.1, 0.15) is 21.5 Å². The molecule has 0 aliphatic rings. The summed E-state index contributed by atoms with van der Waals surface area (Å²) >= 11 is 6.09. The number of fused-ring (bicyclic) bond motifs is 1. The normalized spacial score (nSPS) is 10.8. The lowest BCUT2D eigenvalue weighted by Crippen LogP contribution is -2.21. The van der Waals surface area contributed by atoms with Gasteiger partial charge in [-0.1, -0.05) is 41.4 Å². The van der Waals surface area contributed by atoms with Gasteiger partial charge in [0.2, 0.25) is 0 Å². The second-order valence-electron chi connectivity index (χ2n) is 7.61. The largest absolute Gasteiger partial charge is 0.495 e. The first-order valence-electron chi connectivity index (χ1n) is 10.2. The number of rotatable bonds is 6. The van der Waals surface area contributed by atoms with Gasteiger partial charge in [0.25, 0.3) is 5.91 Å². The molecule has 0 radical (unpaired) electrons. The van der Waals surface area contributed by atoms with Crippen molar-refractivity contribution in [2.45, 2.75) is 13.8 Å². The number of halogens is 1. The van der Waals surface area contributed by atoms with E-state index < -0.39 is 18.5 Å². The van der Waals surface area contributed by atoms with Gasteiger partial charge in [0, 0.05) is 16.7 Å². The number of imidazole rings is 1. The highest BCUT2D eigenvalue weighted by atomic mass is 35.5. The van der Waals surface area contributed by atoms with E-state index in [1.165, 1.54) is 7.11 Å². The molecule has 1 aromatic heterocycles. The van der Waals surface area contributed by atoms with Crippen molar-refractivity contribution in [1.29, 1.82) is 0 Å². The Balaban J connectivity index is 1.43. The number of aromatic amines is 1. The van der Waals surface area contributed by atoms with Crippen LogP contribution in [0, 0.1) is 13.8 Å². The molecule has 33 heavy (non-hydrogen) atoms. The van der Waals surface area contributed by atoms with E-state index in [0.29, 0.717) is 33.4 Å². The lowest BCUT2D eigenvalue weighted by Gasteiger charge is -2.12. The molecule has 3 aromatic carbocycles. The molecule has 168 valence electrons. The van der Waals surface area contributed by atoms with Crippen molar-refractivity contribution in [1.82, 2.24) is 9.97 Å². The first-order valence-corrected chi connectivity index (χ1v) is 10.6. The molecule has 0 fully saturated rings. The van der Waals surface area contributed by atoms with E-state index in [9.17, 15) is 9.59 Å². The highest BCUT2D eigenvalue weighted by Crippen LogP contribution is 2.31. The maximum absolute atomic E-state index is 12.5. The van der Waals surface area contributed by atoms with Crippen LogP contribution in [-0.4, -0.2) is 35.6 Å². The third kappa shape index (κ3) is 4.99. The zero-order valence-electron chi connectivity index (χ0n) is 18.4. The van der Waals surface area contributed by atoms with Gasteiger partial charge in [-0.15, -0.1) is 0 Å². The summed E-state index contributed by atoms with van der Waals surface area (Å²) in [4.78, 5) is 32.6. The number of H-pyrrole nitrogens is 1. The monoisotopic (exact) mass is 463 g/mol. The lowest BCUT2D eigenvalue weighted by molar-refractivity contribution is -0.119. The Kier molecular flexibility index (Phi) is 6.33. The molecule has 0 spiro atoms. The van der Waals surface area contributed by atoms with Crippen molar-refractivity contribution in [3.05, 3.63) is 76.3 Å². The van der Waals surface area contributed by atoms with E-state index >= 15 is 0 Å². The summed E-state index contributed by atoms with van der Waals surface area (Å²) in [5.74, 6) is 0.0203. The molecule has 1 heterocycles. The van der Waals surface area contributed by atoms with Crippen molar-refractivity contribution in [2.24, 2.45) is 0 Å². The summed E-state index contributed by atoms with van der Waals surface area (Å²) in [6.07, 6.45) is 0. The molecule has 0 aliphatic heterocycles. The molecular weight excluding hydrogens is 442 g/mol. The second kappa shape index (κ2) is 9.34. The molecular formula is C25H22ClN3O4. The van der Waals surface area contributed by atoms with Crippen LogP contribution in [0.15, 0.2) is 54.6 Å². The quantitative estimate of drug-likeness (QED) is 0.378. The Morgan fingerprint density at radius 1 is 1.06 bits per heavy atom. The number of nitrogens with one attached hydrogen (secondary N) is 2. The van der Waals surface area contributed by atoms with E-state index in [4.69, 9.17) is 21.1 Å². The first-order chi connectivity index (χ1) is 15.8. The molecule has 4 rings (SSSR count). The van der Waals surface area contributed by atoms with Crippen LogP contribution >= 0.6 is 11.6 Å². The zero-order chi connectivity index (χ0) is 23.5. The summed E-state index contributed by atoms with van der Waals surface area (Å²) in [5, 5.41) is 3.20. The van der Waals surface area contributed by atoms with Gasteiger partial charge in [-0.3, -0.25) is 4.79 Å². The standard InChI is InChI=1S/C25H22ClN3O4/c1-14-4-6-16(7-5-14)24-28-19-9-8-17(11-20(19)29-24)25(31)33-13-23(30)27-21-10-15(2)18(26)12-22(21)32-3/h4-12H,13H2,1-3H3,(H,27,30)(H,28,29). The smallest absolute Gasteiger partial charge is 0.338 e. The molecule has 0 aliphatic carbocycles. The number of nitrogens with zero attached hydrogens (tertiary/aromatic N) is 1. The number of carbonyl (C=O) groups excluding carboxylic acids is 2. The Morgan fingerprint density at radius 3 is 2.55 bits per heavy atom. The highest BCUT2D eigenvalue weighted by Gasteiger charge is 2.15. The van der Waals surface area contributed by atoms with Crippen LogP contribution in [0.4, 0.5) is 5.69 Å². The topological polar surface area (TPSA) is 93.3 Å². The van der Waals surface area contributed by atoms with Crippen LogP contribution in [0.5, 0.6) is 5.75 Å². The molecule has 0 unspecified atom stereocenters. The van der Waals surface area contributed by atoms with Crippen molar-refractivity contribution in [3.63, 3.8) is 0 Å². The van der Waals surface area contributed by atoms with Gasteiger partial charge in [0.1, 0.15) is 11.6 Å². The van der Waals surface area contributed by atoms with Crippen molar-refractivity contribution in [3.8, 4) is 17.1 Å². The van der Waals surface area contributed by atoms with Gasteiger partial charge in [-0.2, -0.15) is 0 Å². The van der Waals surface area contributed by atoms with Crippen molar-refractivity contribution in [2.75, 3.05) is 19.0 Å². The molecule has 8 heteroatoms. The fourth-order valence-electron chi connectivity index (χ4n) is 3.32. The maximum Gasteiger partial charge on any atom is 0.338 e. The minimum absolute atomic E-state index is 0.314. The molecule has 4 aromatic rings. The van der Waals surface area contributed by atoms with E-state index in [2.05, 4.69) is 15.3 Å². The number of carbonyl (C=O) groups is 2. The van der Waals surface area contributed by atoms with Crippen LogP contribution in [0.3, 0.4) is 0 Å². The van der Waals surface area contributed by atoms with Gasteiger partial charge in [-0.05, 0) is 43.7 Å². The molecule has 1 amide bonds. The van der Waals surface area contributed by atoms with Crippen molar-refractivity contribution < 1.29 is 19.1 Å². The SMILES string of the molecule is COc1cc(Cl)c(C)cc1NC(=O)COC(=O)c1ccc2nc(-c3ccc(C)cc3)[nH]c2c1. The van der Waals surface area contributed by atoms with E-state index in [-0.39, 0.29) is 0 Å². The van der Waals surface area contributed by atoms with Gasteiger partial charge in [0.15, 0.2) is 6.61 Å². The Morgan fingerprint density at radius 2 is 1.82 bits per heavy atom. The molecule has 0 saturated carbocycles. The van der Waals surface area contributed by atoms with Crippen LogP contribution < -0.4 is 10.1 Å². The Bertz CT molecular complexity index is 1350. The summed E-state index contributed by atoms with van der Waals surface area (Å²) in [7, 11) is 1.48. The highest BCUT2D eigenvalue weighted by molar-refractivity contribution is 6.31. The number of methoxy groups -OCH3 is 1. The minimum atomic E-state index is -0.613. The van der Waals surface area contributed by atoms with Crippen molar-refractivity contribution >= 4 is 40.2 Å². The molecule has 2 N–H and O–H groups in total. The number of aryl methyl sites for hydroxylation is 2. The van der Waals surface area contributed by atoms with E-state index in [1.54, 1.807) is 30.3 Å². The van der Waals surface area contributed by atoms with E-state index in [1.807, 2.05) is 38.1 Å². The van der Waals surface area contributed by atoms with Crippen LogP contribution in [0.25, 0.3) is 22.4 Å². The average molecular weight is 464 g/mol. The number of hydrogen-bond donors (Lipinski definition) is 2. The molecule has 0 bridgehead atoms. The maximum atomic E-state index is 12.5.